The molecule has 3 N–H and O–H groups in total. The third kappa shape index (κ3) is 7.54. The van der Waals surface area contributed by atoms with Crippen LogP contribution in [0, 0.1) is 0 Å². The number of aromatic nitrogens is 2. The van der Waals surface area contributed by atoms with Crippen LogP contribution in [-0.2, 0) is 0 Å². The highest BCUT2D eigenvalue weighted by molar-refractivity contribution is 6.05. The van der Waals surface area contributed by atoms with Crippen LogP contribution >= 0.6 is 0 Å². The van der Waals surface area contributed by atoms with Crippen molar-refractivity contribution in [2.75, 3.05) is 22.5 Å². The molecule has 0 saturated carbocycles. The van der Waals surface area contributed by atoms with E-state index >= 15 is 0 Å². The quantitative estimate of drug-likeness (QED) is 0.435. The van der Waals surface area contributed by atoms with Gasteiger partial charge >= 0.3 is 0 Å². The van der Waals surface area contributed by atoms with E-state index in [1.165, 1.54) is 0 Å². The Labute approximate surface area is 183 Å². The van der Waals surface area contributed by atoms with E-state index in [1.54, 1.807) is 54.6 Å². The summed E-state index contributed by atoms with van der Waals surface area (Å²) in [7, 11) is 0. The van der Waals surface area contributed by atoms with Crippen LogP contribution in [0.25, 0.3) is 0 Å². The second-order valence-corrected chi connectivity index (χ2v) is 6.38. The number of rotatable bonds is 8. The van der Waals surface area contributed by atoms with Gasteiger partial charge in [-0.25, -0.2) is 0 Å². The molecule has 7 nitrogen and oxygen atoms in total. The molecular weight excluding hydrogens is 390 g/mol. The minimum absolute atomic E-state index is 0.115. The van der Waals surface area contributed by atoms with Gasteiger partial charge in [0.1, 0.15) is 11.6 Å². The fraction of sp³-hybridized carbons (Fsp3) is 0.250. The summed E-state index contributed by atoms with van der Waals surface area (Å²) < 4.78 is 0. The van der Waals surface area contributed by atoms with E-state index in [2.05, 4.69) is 32.8 Å². The van der Waals surface area contributed by atoms with E-state index in [-0.39, 0.29) is 17.8 Å². The van der Waals surface area contributed by atoms with Gasteiger partial charge in [0.2, 0.25) is 5.95 Å². The molecule has 31 heavy (non-hydrogen) atoms. The lowest BCUT2D eigenvalue weighted by Crippen LogP contribution is -2.18. The molecule has 0 bridgehead atoms. The maximum Gasteiger partial charge on any atom is 0.258 e. The van der Waals surface area contributed by atoms with Crippen molar-refractivity contribution < 1.29 is 9.59 Å². The number of hydrogen-bond donors (Lipinski definition) is 3. The Bertz CT molecular complexity index is 890. The molecule has 1 aromatic heterocycles. The molecule has 0 aliphatic carbocycles. The fourth-order valence-electron chi connectivity index (χ4n) is 2.59. The lowest BCUT2D eigenvalue weighted by atomic mass is 10.2. The number of carbonyl (C=O) groups is 2. The second kappa shape index (κ2) is 12.7. The zero-order valence-electron chi connectivity index (χ0n) is 18.2. The number of carbonyl (C=O) groups excluding carboxylic acids is 2. The fourth-order valence-corrected chi connectivity index (χ4v) is 2.59. The van der Waals surface area contributed by atoms with E-state index in [0.29, 0.717) is 22.8 Å². The van der Waals surface area contributed by atoms with Gasteiger partial charge in [-0.2, -0.15) is 9.97 Å². The second-order valence-electron chi connectivity index (χ2n) is 6.38. The molecular formula is C24H29N5O2. The van der Waals surface area contributed by atoms with Crippen molar-refractivity contribution in [2.45, 2.75) is 33.6 Å². The van der Waals surface area contributed by atoms with Gasteiger partial charge in [0, 0.05) is 23.7 Å². The predicted octanol–water partition coefficient (Wildman–Crippen LogP) is 5.22. The van der Waals surface area contributed by atoms with Crippen molar-refractivity contribution >= 4 is 29.4 Å². The van der Waals surface area contributed by atoms with E-state index < -0.39 is 0 Å². The van der Waals surface area contributed by atoms with E-state index in [0.717, 1.165) is 19.4 Å². The third-order valence-corrected chi connectivity index (χ3v) is 4.10. The number of amides is 2. The normalized spacial score (nSPS) is 9.77. The van der Waals surface area contributed by atoms with Gasteiger partial charge in [0.15, 0.2) is 0 Å². The van der Waals surface area contributed by atoms with Crippen molar-refractivity contribution in [3.8, 4) is 0 Å². The van der Waals surface area contributed by atoms with Crippen LogP contribution in [0.3, 0.4) is 0 Å². The van der Waals surface area contributed by atoms with Crippen molar-refractivity contribution in [1.29, 1.82) is 0 Å². The van der Waals surface area contributed by atoms with E-state index in [9.17, 15) is 9.59 Å². The Balaban J connectivity index is 0.00000166. The highest BCUT2D eigenvalue weighted by Crippen LogP contribution is 2.16. The maximum absolute atomic E-state index is 12.5. The summed E-state index contributed by atoms with van der Waals surface area (Å²) in [6.45, 7) is 6.82. The van der Waals surface area contributed by atoms with Crippen LogP contribution in [0.5, 0.6) is 0 Å². The Morgan fingerprint density at radius 1 is 0.774 bits per heavy atom. The molecule has 0 fully saturated rings. The third-order valence-electron chi connectivity index (χ3n) is 4.10. The SMILES string of the molecule is CC.CCCCNc1cc(NC(=O)c2ccccc2)nc(NC(=O)c2ccccc2)n1. The first kappa shape index (κ1) is 23.5. The molecule has 0 spiro atoms. The number of unbranched alkanes of at least 4 members (excludes halogenated alkanes) is 1. The van der Waals surface area contributed by atoms with Crippen molar-refractivity contribution in [3.05, 3.63) is 77.9 Å². The summed E-state index contributed by atoms with van der Waals surface area (Å²) in [5.41, 5.74) is 1.01. The highest BCUT2D eigenvalue weighted by atomic mass is 16.2. The molecule has 3 rings (SSSR count). The van der Waals surface area contributed by atoms with Crippen molar-refractivity contribution in [3.63, 3.8) is 0 Å². The zero-order valence-corrected chi connectivity index (χ0v) is 18.2. The number of benzene rings is 2. The van der Waals surface area contributed by atoms with Gasteiger partial charge in [-0.15, -0.1) is 0 Å². The molecule has 0 unspecified atom stereocenters. The van der Waals surface area contributed by atoms with Gasteiger partial charge in [-0.3, -0.25) is 14.9 Å². The standard InChI is InChI=1S/C22H23N5O2.C2H6/c1-2-3-14-23-18-15-19(24-20(28)16-10-6-4-7-11-16)26-22(25-18)27-21(29)17-12-8-5-9-13-17;1-2/h4-13,15H,2-3,14H2,1H3,(H3,23,24,25,26,27,28,29);1-2H3. The number of anilines is 3. The van der Waals surface area contributed by atoms with Crippen LogP contribution in [-0.4, -0.2) is 28.3 Å². The smallest absolute Gasteiger partial charge is 0.258 e. The topological polar surface area (TPSA) is 96.0 Å². The van der Waals surface area contributed by atoms with Gasteiger partial charge in [-0.1, -0.05) is 63.6 Å². The average Bonchev–Trinajstić information content (AvgIpc) is 2.81. The maximum atomic E-state index is 12.5. The predicted molar refractivity (Wildman–Crippen MR) is 126 cm³/mol. The van der Waals surface area contributed by atoms with Gasteiger partial charge < -0.3 is 10.6 Å². The van der Waals surface area contributed by atoms with Crippen LogP contribution < -0.4 is 16.0 Å². The molecule has 0 saturated heterocycles. The van der Waals surface area contributed by atoms with Crippen LogP contribution in [0.1, 0.15) is 54.3 Å². The van der Waals surface area contributed by atoms with Crippen molar-refractivity contribution in [2.24, 2.45) is 0 Å². The van der Waals surface area contributed by atoms with E-state index in [1.807, 2.05) is 26.0 Å². The summed E-state index contributed by atoms with van der Waals surface area (Å²) in [5, 5.41) is 8.65. The van der Waals surface area contributed by atoms with E-state index in [4.69, 9.17) is 0 Å². The molecule has 162 valence electrons. The molecule has 0 aliphatic rings. The van der Waals surface area contributed by atoms with Crippen LogP contribution in [0.2, 0.25) is 0 Å². The first-order valence-corrected chi connectivity index (χ1v) is 10.5. The Kier molecular flexibility index (Phi) is 9.68. The van der Waals surface area contributed by atoms with Crippen LogP contribution in [0.4, 0.5) is 17.6 Å². The number of hydrogen-bond acceptors (Lipinski definition) is 5. The minimum Gasteiger partial charge on any atom is -0.370 e. The molecule has 1 heterocycles. The Morgan fingerprint density at radius 2 is 1.29 bits per heavy atom. The molecule has 0 radical (unpaired) electrons. The number of nitrogens with zero attached hydrogens (tertiary/aromatic N) is 2. The van der Waals surface area contributed by atoms with Gasteiger partial charge in [-0.05, 0) is 30.7 Å². The first-order valence-electron chi connectivity index (χ1n) is 10.5. The largest absolute Gasteiger partial charge is 0.370 e. The van der Waals surface area contributed by atoms with Crippen LogP contribution in [0.15, 0.2) is 66.7 Å². The Hall–Kier alpha value is -3.74. The summed E-state index contributed by atoms with van der Waals surface area (Å²) >= 11 is 0. The highest BCUT2D eigenvalue weighted by Gasteiger charge is 2.12. The van der Waals surface area contributed by atoms with Gasteiger partial charge in [0.25, 0.3) is 11.8 Å². The minimum atomic E-state index is -0.323. The molecule has 2 aromatic carbocycles. The average molecular weight is 420 g/mol. The molecule has 0 aliphatic heterocycles. The summed E-state index contributed by atoms with van der Waals surface area (Å²) in [5.74, 6) is 0.334. The lowest BCUT2D eigenvalue weighted by Gasteiger charge is -2.11. The summed E-state index contributed by atoms with van der Waals surface area (Å²) in [6, 6.07) is 19.3. The molecule has 0 atom stereocenters. The van der Waals surface area contributed by atoms with Gasteiger partial charge in [0.05, 0.1) is 0 Å². The Morgan fingerprint density at radius 3 is 1.84 bits per heavy atom. The molecule has 3 aromatic rings. The molecule has 7 heteroatoms. The zero-order chi connectivity index (χ0) is 22.5. The number of nitrogens with one attached hydrogen (secondary N) is 3. The first-order chi connectivity index (χ1) is 15.2. The molecule has 2 amide bonds. The van der Waals surface area contributed by atoms with Crippen molar-refractivity contribution in [1.82, 2.24) is 9.97 Å². The summed E-state index contributed by atoms with van der Waals surface area (Å²) in [6.07, 6.45) is 2.01. The lowest BCUT2D eigenvalue weighted by molar-refractivity contribution is 0.101. The summed E-state index contributed by atoms with van der Waals surface area (Å²) in [4.78, 5) is 33.5. The monoisotopic (exact) mass is 419 g/mol.